The number of carbonyl (C=O) groups excluding carboxylic acids is 2. The van der Waals surface area contributed by atoms with Crippen molar-refractivity contribution in [2.75, 3.05) is 0 Å². The van der Waals surface area contributed by atoms with Crippen LogP contribution >= 0.6 is 0 Å². The minimum absolute atomic E-state index is 0.224. The van der Waals surface area contributed by atoms with Crippen LogP contribution in [0.1, 0.15) is 25.0 Å². The molecule has 0 radical (unpaired) electrons. The second kappa shape index (κ2) is 7.28. The molecule has 0 aliphatic carbocycles. The topological polar surface area (TPSA) is 52.6 Å². The maximum absolute atomic E-state index is 10.1. The van der Waals surface area contributed by atoms with E-state index in [0.29, 0.717) is 11.5 Å². The largest absolute Gasteiger partial charge is 0.453 e. The average molecular weight is 308 g/mol. The molecule has 0 spiro atoms. The fourth-order valence-corrected chi connectivity index (χ4v) is 2.25. The molecule has 0 saturated heterocycles. The summed E-state index contributed by atoms with van der Waals surface area (Å²) in [5, 5.41) is 0. The van der Waals surface area contributed by atoms with Crippen LogP contribution < -0.4 is 9.47 Å². The Bertz CT molecular complexity index is 679. The van der Waals surface area contributed by atoms with Crippen molar-refractivity contribution in [2.45, 2.75) is 19.3 Å². The first kappa shape index (κ1) is 16.3. The van der Waals surface area contributed by atoms with Gasteiger partial charge >= 0.3 is 0 Å². The van der Waals surface area contributed by atoms with E-state index in [0.717, 1.165) is 23.7 Å². The summed E-state index contributed by atoms with van der Waals surface area (Å²) in [5.74, 6) is 4.30. The molecule has 0 bridgehead atoms. The monoisotopic (exact) mass is 308 g/mol. The van der Waals surface area contributed by atoms with Gasteiger partial charge in [-0.2, -0.15) is 0 Å². The molecule has 23 heavy (non-hydrogen) atoms. The van der Waals surface area contributed by atoms with Gasteiger partial charge in [0.25, 0.3) is 0 Å². The molecule has 4 heteroatoms. The maximum atomic E-state index is 10.1. The molecule has 0 aliphatic rings. The summed E-state index contributed by atoms with van der Waals surface area (Å²) in [6.45, 7) is 4.21. The number of hydrogen-bond acceptors (Lipinski definition) is 4. The fourth-order valence-electron chi connectivity index (χ4n) is 2.25. The van der Waals surface area contributed by atoms with E-state index in [4.69, 9.17) is 9.47 Å². The van der Waals surface area contributed by atoms with Crippen LogP contribution in [-0.2, 0) is 15.0 Å². The van der Waals surface area contributed by atoms with Crippen molar-refractivity contribution in [3.05, 3.63) is 72.2 Å². The van der Waals surface area contributed by atoms with Gasteiger partial charge in [0.2, 0.25) is 0 Å². The second-order valence-corrected chi connectivity index (χ2v) is 5.38. The van der Waals surface area contributed by atoms with Crippen molar-refractivity contribution in [2.24, 2.45) is 0 Å². The third-order valence-corrected chi connectivity index (χ3v) is 3.64. The summed E-state index contributed by atoms with van der Waals surface area (Å²) in [5.41, 5.74) is 1.97. The predicted octanol–water partition coefficient (Wildman–Crippen LogP) is 3.46. The van der Waals surface area contributed by atoms with Crippen molar-refractivity contribution in [3.63, 3.8) is 0 Å². The first-order valence-electron chi connectivity index (χ1n) is 7.01. The molecular formula is C19H16O4. The molecular weight excluding hydrogens is 292 g/mol. The van der Waals surface area contributed by atoms with E-state index in [-0.39, 0.29) is 5.41 Å². The first-order valence-corrected chi connectivity index (χ1v) is 7.01. The van der Waals surface area contributed by atoms with E-state index in [2.05, 4.69) is 13.8 Å². The first-order chi connectivity index (χ1) is 11.1. The molecule has 2 aromatic carbocycles. The second-order valence-electron chi connectivity index (χ2n) is 5.38. The van der Waals surface area contributed by atoms with E-state index >= 15 is 0 Å². The fraction of sp³-hybridized carbons (Fsp3) is 0.158. The van der Waals surface area contributed by atoms with E-state index in [1.807, 2.05) is 24.3 Å². The van der Waals surface area contributed by atoms with E-state index < -0.39 is 0 Å². The van der Waals surface area contributed by atoms with E-state index in [9.17, 15) is 9.59 Å². The summed E-state index contributed by atoms with van der Waals surface area (Å²) in [7, 11) is 0. The lowest BCUT2D eigenvalue weighted by Crippen LogP contribution is -2.18. The van der Waals surface area contributed by atoms with Crippen LogP contribution in [0.3, 0.4) is 0 Å². The van der Waals surface area contributed by atoms with Crippen LogP contribution in [-0.4, -0.2) is 11.9 Å². The summed E-state index contributed by atoms with van der Waals surface area (Å²) >= 11 is 0. The summed E-state index contributed by atoms with van der Waals surface area (Å²) in [6, 6.07) is 15.0. The molecule has 2 rings (SSSR count). The smallest absolute Gasteiger partial charge is 0.174 e. The van der Waals surface area contributed by atoms with Crippen LogP contribution in [0, 0.1) is 0 Å². The highest BCUT2D eigenvalue weighted by atomic mass is 16.5. The van der Waals surface area contributed by atoms with Gasteiger partial charge < -0.3 is 9.47 Å². The zero-order valence-electron chi connectivity index (χ0n) is 12.9. The minimum atomic E-state index is -0.224. The summed E-state index contributed by atoms with van der Waals surface area (Å²) in [4.78, 5) is 20.3. The Labute approximate surface area is 134 Å². The van der Waals surface area contributed by atoms with Crippen LogP contribution in [0.25, 0.3) is 0 Å². The summed E-state index contributed by atoms with van der Waals surface area (Å²) in [6.07, 6.45) is 1.96. The highest BCUT2D eigenvalue weighted by Gasteiger charge is 2.23. The highest BCUT2D eigenvalue weighted by Crippen LogP contribution is 2.33. The van der Waals surface area contributed by atoms with Crippen molar-refractivity contribution >= 4 is 11.9 Å². The SMILES string of the molecule is CC(C)(c1ccc(OC=C=O)cc1)c1ccc(OC=C=O)cc1. The third kappa shape index (κ3) is 3.98. The van der Waals surface area contributed by atoms with Crippen LogP contribution in [0.15, 0.2) is 61.1 Å². The maximum Gasteiger partial charge on any atom is 0.174 e. The van der Waals surface area contributed by atoms with Gasteiger partial charge in [0.05, 0.1) is 0 Å². The Balaban J connectivity index is 2.22. The number of ether oxygens (including phenoxy) is 2. The minimum Gasteiger partial charge on any atom is -0.453 e. The zero-order valence-corrected chi connectivity index (χ0v) is 12.9. The van der Waals surface area contributed by atoms with Crippen molar-refractivity contribution in [1.29, 1.82) is 0 Å². The molecule has 0 unspecified atom stereocenters. The molecule has 2 aromatic rings. The molecule has 4 nitrogen and oxygen atoms in total. The van der Waals surface area contributed by atoms with E-state index in [1.165, 1.54) is 0 Å². The van der Waals surface area contributed by atoms with Gasteiger partial charge in [-0.05, 0) is 35.4 Å². The van der Waals surface area contributed by atoms with Crippen LogP contribution in [0.5, 0.6) is 11.5 Å². The molecule has 0 fully saturated rings. The Morgan fingerprint density at radius 1 is 0.739 bits per heavy atom. The van der Waals surface area contributed by atoms with Gasteiger partial charge in [0, 0.05) is 5.41 Å². The predicted molar refractivity (Wildman–Crippen MR) is 86.8 cm³/mol. The van der Waals surface area contributed by atoms with Crippen molar-refractivity contribution in [3.8, 4) is 11.5 Å². The molecule has 0 saturated carbocycles. The molecule has 0 heterocycles. The number of hydrogen-bond donors (Lipinski definition) is 0. The average Bonchev–Trinajstić information content (AvgIpc) is 2.59. The Morgan fingerprint density at radius 3 is 1.39 bits per heavy atom. The number of rotatable bonds is 6. The van der Waals surface area contributed by atoms with Crippen LogP contribution in [0.4, 0.5) is 0 Å². The molecule has 0 N–H and O–H groups in total. The summed E-state index contributed by atoms with van der Waals surface area (Å²) < 4.78 is 10.2. The standard InChI is InChI=1S/C19H16O4/c1-19(2,15-3-7-17(8-4-15)22-13-11-20)16-5-9-18(10-6-16)23-14-12-21/h3-10,13-14H,1-2H3. The van der Waals surface area contributed by atoms with Gasteiger partial charge in [-0.15, -0.1) is 0 Å². The lowest BCUT2D eigenvalue weighted by molar-refractivity contribution is 0.475. The Kier molecular flexibility index (Phi) is 5.16. The van der Waals surface area contributed by atoms with Gasteiger partial charge in [-0.1, -0.05) is 38.1 Å². The normalized spacial score (nSPS) is 10.2. The number of benzene rings is 2. The van der Waals surface area contributed by atoms with E-state index in [1.54, 1.807) is 36.1 Å². The Morgan fingerprint density at radius 2 is 1.09 bits per heavy atom. The van der Waals surface area contributed by atoms with Crippen molar-refractivity contribution < 1.29 is 19.1 Å². The molecule has 116 valence electrons. The lowest BCUT2D eigenvalue weighted by Gasteiger charge is -2.26. The third-order valence-electron chi connectivity index (χ3n) is 3.64. The molecule has 0 aliphatic heterocycles. The molecule has 0 amide bonds. The molecule has 0 aromatic heterocycles. The molecule has 0 atom stereocenters. The highest BCUT2D eigenvalue weighted by molar-refractivity contribution is 5.46. The van der Waals surface area contributed by atoms with Gasteiger partial charge in [-0.25, -0.2) is 9.59 Å². The quantitative estimate of drug-likeness (QED) is 0.606. The van der Waals surface area contributed by atoms with Crippen molar-refractivity contribution in [1.82, 2.24) is 0 Å². The van der Waals surface area contributed by atoms with Crippen LogP contribution in [0.2, 0.25) is 0 Å². The lowest BCUT2D eigenvalue weighted by atomic mass is 9.78. The Hall–Kier alpha value is -3.06. The van der Waals surface area contributed by atoms with Gasteiger partial charge in [0.15, 0.2) is 24.4 Å². The van der Waals surface area contributed by atoms with Gasteiger partial charge in [0.1, 0.15) is 11.5 Å². The zero-order chi connectivity index (χ0) is 16.7. The van der Waals surface area contributed by atoms with Gasteiger partial charge in [-0.3, -0.25) is 0 Å².